The lowest BCUT2D eigenvalue weighted by molar-refractivity contribution is 0.0197. The molecule has 2 atom stereocenters. The standard InChI is InChI=1S/C8H15F2N/c1-6-3-2-4-8(11,5-6)7(9)10/h6-7H,2-5,11H2,1H3. The minimum Gasteiger partial charge on any atom is -0.320 e. The van der Waals surface area contributed by atoms with Crippen LogP contribution < -0.4 is 5.73 Å². The molecule has 1 aliphatic carbocycles. The van der Waals surface area contributed by atoms with Crippen molar-refractivity contribution in [1.82, 2.24) is 0 Å². The van der Waals surface area contributed by atoms with Gasteiger partial charge in [0.1, 0.15) is 0 Å². The fraction of sp³-hybridized carbons (Fsp3) is 1.00. The molecule has 1 rings (SSSR count). The van der Waals surface area contributed by atoms with Crippen LogP contribution in [0.3, 0.4) is 0 Å². The Hall–Kier alpha value is -0.180. The molecule has 2 N–H and O–H groups in total. The van der Waals surface area contributed by atoms with Crippen molar-refractivity contribution in [1.29, 1.82) is 0 Å². The largest absolute Gasteiger partial charge is 0.320 e. The lowest BCUT2D eigenvalue weighted by Crippen LogP contribution is -2.50. The van der Waals surface area contributed by atoms with E-state index in [0.29, 0.717) is 18.8 Å². The zero-order chi connectivity index (χ0) is 8.48. The molecule has 1 nitrogen and oxygen atoms in total. The summed E-state index contributed by atoms with van der Waals surface area (Å²) in [5.74, 6) is 0.364. The second-order valence-electron chi connectivity index (χ2n) is 3.74. The number of rotatable bonds is 1. The minimum absolute atomic E-state index is 0.364. The smallest absolute Gasteiger partial charge is 0.256 e. The van der Waals surface area contributed by atoms with Gasteiger partial charge in [-0.25, -0.2) is 8.78 Å². The van der Waals surface area contributed by atoms with E-state index in [1.165, 1.54) is 0 Å². The van der Waals surface area contributed by atoms with Crippen LogP contribution in [0.25, 0.3) is 0 Å². The van der Waals surface area contributed by atoms with Crippen molar-refractivity contribution in [2.45, 2.75) is 44.6 Å². The Balaban J connectivity index is 2.55. The molecule has 11 heavy (non-hydrogen) atoms. The normalized spacial score (nSPS) is 39.5. The fourth-order valence-corrected chi connectivity index (χ4v) is 1.83. The third kappa shape index (κ3) is 1.89. The van der Waals surface area contributed by atoms with Crippen LogP contribution in [0.15, 0.2) is 0 Å². The lowest BCUT2D eigenvalue weighted by Gasteiger charge is -2.35. The molecule has 0 aliphatic heterocycles. The number of nitrogens with two attached hydrogens (primary N) is 1. The number of hydrogen-bond acceptors (Lipinski definition) is 1. The van der Waals surface area contributed by atoms with E-state index < -0.39 is 12.0 Å². The highest BCUT2D eigenvalue weighted by molar-refractivity contribution is 4.91. The van der Waals surface area contributed by atoms with Crippen LogP contribution in [0, 0.1) is 5.92 Å². The summed E-state index contributed by atoms with van der Waals surface area (Å²) in [6.07, 6.45) is 0.498. The first-order valence-electron chi connectivity index (χ1n) is 4.11. The van der Waals surface area contributed by atoms with Gasteiger partial charge in [-0.15, -0.1) is 0 Å². The van der Waals surface area contributed by atoms with Gasteiger partial charge in [0, 0.05) is 0 Å². The summed E-state index contributed by atoms with van der Waals surface area (Å²) in [7, 11) is 0. The van der Waals surface area contributed by atoms with E-state index in [9.17, 15) is 8.78 Å². The van der Waals surface area contributed by atoms with Gasteiger partial charge in [-0.2, -0.15) is 0 Å². The van der Waals surface area contributed by atoms with Gasteiger partial charge in [0.25, 0.3) is 6.43 Å². The van der Waals surface area contributed by atoms with Crippen molar-refractivity contribution in [3.63, 3.8) is 0 Å². The maximum atomic E-state index is 12.4. The Bertz CT molecular complexity index is 138. The molecule has 0 aromatic heterocycles. The van der Waals surface area contributed by atoms with Crippen LogP contribution in [0.4, 0.5) is 8.78 Å². The zero-order valence-corrected chi connectivity index (χ0v) is 6.82. The first-order chi connectivity index (χ1) is 5.04. The van der Waals surface area contributed by atoms with Crippen molar-refractivity contribution in [2.24, 2.45) is 11.7 Å². The molecule has 3 heteroatoms. The van der Waals surface area contributed by atoms with Gasteiger partial charge in [0.2, 0.25) is 0 Å². The van der Waals surface area contributed by atoms with Crippen LogP contribution in [-0.2, 0) is 0 Å². The predicted molar refractivity (Wildman–Crippen MR) is 40.6 cm³/mol. The maximum Gasteiger partial charge on any atom is 0.256 e. The summed E-state index contributed by atoms with van der Waals surface area (Å²) in [6.45, 7) is 1.99. The second-order valence-corrected chi connectivity index (χ2v) is 3.74. The van der Waals surface area contributed by atoms with Crippen LogP contribution in [-0.4, -0.2) is 12.0 Å². The first-order valence-corrected chi connectivity index (χ1v) is 4.11. The Morgan fingerprint density at radius 2 is 2.18 bits per heavy atom. The van der Waals surface area contributed by atoms with Crippen LogP contribution >= 0.6 is 0 Å². The van der Waals surface area contributed by atoms with E-state index in [0.717, 1.165) is 12.8 Å². The highest BCUT2D eigenvalue weighted by Crippen LogP contribution is 2.34. The molecule has 0 heterocycles. The van der Waals surface area contributed by atoms with Crippen LogP contribution in [0.2, 0.25) is 0 Å². The highest BCUT2D eigenvalue weighted by Gasteiger charge is 2.38. The highest BCUT2D eigenvalue weighted by atomic mass is 19.3. The van der Waals surface area contributed by atoms with E-state index in [2.05, 4.69) is 0 Å². The molecule has 0 bridgehead atoms. The summed E-state index contributed by atoms with van der Waals surface area (Å²) in [4.78, 5) is 0. The number of alkyl halides is 2. The van der Waals surface area contributed by atoms with E-state index >= 15 is 0 Å². The molecular formula is C8H15F2N. The Morgan fingerprint density at radius 1 is 1.55 bits per heavy atom. The summed E-state index contributed by atoms with van der Waals surface area (Å²) in [6, 6.07) is 0. The summed E-state index contributed by atoms with van der Waals surface area (Å²) in [5.41, 5.74) is 4.36. The third-order valence-electron chi connectivity index (χ3n) is 2.50. The van der Waals surface area contributed by atoms with Crippen molar-refractivity contribution in [3.8, 4) is 0 Å². The SMILES string of the molecule is CC1CCCC(N)(C(F)F)C1. The van der Waals surface area contributed by atoms with Gasteiger partial charge in [0.15, 0.2) is 0 Å². The first kappa shape index (κ1) is 8.91. The lowest BCUT2D eigenvalue weighted by atomic mass is 9.77. The molecule has 0 amide bonds. The Labute approximate surface area is 66.0 Å². The molecule has 1 aliphatic rings. The number of halogens is 2. The van der Waals surface area contributed by atoms with Gasteiger partial charge in [-0.3, -0.25) is 0 Å². The summed E-state index contributed by atoms with van der Waals surface area (Å²) >= 11 is 0. The van der Waals surface area contributed by atoms with E-state index in [-0.39, 0.29) is 0 Å². The van der Waals surface area contributed by atoms with E-state index in [1.807, 2.05) is 6.92 Å². The van der Waals surface area contributed by atoms with Gasteiger partial charge >= 0.3 is 0 Å². The minimum atomic E-state index is -2.36. The molecule has 0 aromatic carbocycles. The average Bonchev–Trinajstić information content (AvgIpc) is 1.86. The summed E-state index contributed by atoms with van der Waals surface area (Å²) in [5, 5.41) is 0. The molecule has 0 spiro atoms. The molecule has 1 fully saturated rings. The Kier molecular flexibility index (Phi) is 2.47. The van der Waals surface area contributed by atoms with Crippen LogP contribution in [0.1, 0.15) is 32.6 Å². The Morgan fingerprint density at radius 3 is 2.55 bits per heavy atom. The van der Waals surface area contributed by atoms with Crippen molar-refractivity contribution in [2.75, 3.05) is 0 Å². The molecule has 0 aromatic rings. The molecular weight excluding hydrogens is 148 g/mol. The monoisotopic (exact) mass is 163 g/mol. The average molecular weight is 163 g/mol. The van der Waals surface area contributed by atoms with Crippen molar-refractivity contribution in [3.05, 3.63) is 0 Å². The molecule has 1 saturated carbocycles. The van der Waals surface area contributed by atoms with E-state index in [4.69, 9.17) is 5.73 Å². The van der Waals surface area contributed by atoms with Crippen molar-refractivity contribution < 1.29 is 8.78 Å². The topological polar surface area (TPSA) is 26.0 Å². The fourth-order valence-electron chi connectivity index (χ4n) is 1.83. The zero-order valence-electron chi connectivity index (χ0n) is 6.82. The van der Waals surface area contributed by atoms with Gasteiger partial charge in [-0.05, 0) is 18.8 Å². The summed E-state index contributed by atoms with van der Waals surface area (Å²) < 4.78 is 24.7. The van der Waals surface area contributed by atoms with Gasteiger partial charge < -0.3 is 5.73 Å². The maximum absolute atomic E-state index is 12.4. The second kappa shape index (κ2) is 3.05. The third-order valence-corrected chi connectivity index (χ3v) is 2.50. The quantitative estimate of drug-likeness (QED) is 0.629. The molecule has 2 unspecified atom stereocenters. The molecule has 66 valence electrons. The van der Waals surface area contributed by atoms with Crippen molar-refractivity contribution >= 4 is 0 Å². The predicted octanol–water partition coefficient (Wildman–Crippen LogP) is 2.16. The van der Waals surface area contributed by atoms with E-state index in [1.54, 1.807) is 0 Å². The van der Waals surface area contributed by atoms with Crippen LogP contribution in [0.5, 0.6) is 0 Å². The van der Waals surface area contributed by atoms with Gasteiger partial charge in [0.05, 0.1) is 5.54 Å². The number of hydrogen-bond donors (Lipinski definition) is 1. The van der Waals surface area contributed by atoms with Gasteiger partial charge in [-0.1, -0.05) is 19.8 Å². The molecule has 0 radical (unpaired) electrons. The molecule has 0 saturated heterocycles.